The molecule has 0 saturated carbocycles. The normalized spacial score (nSPS) is 10.4. The predicted octanol–water partition coefficient (Wildman–Crippen LogP) is 2.68. The topological polar surface area (TPSA) is 55.6 Å². The molecule has 6 heteroatoms. The van der Waals surface area contributed by atoms with Crippen LogP contribution in [0.4, 0.5) is 5.69 Å². The number of carbonyl (C=O) groups excluding carboxylic acids is 1. The Bertz CT molecular complexity index is 415. The van der Waals surface area contributed by atoms with E-state index in [0.29, 0.717) is 18.7 Å². The largest absolute Gasteiger partial charge is 0.396 e. The van der Waals surface area contributed by atoms with Crippen LogP contribution >= 0.6 is 23.2 Å². The first-order valence-corrected chi connectivity index (χ1v) is 6.22. The van der Waals surface area contributed by atoms with Gasteiger partial charge < -0.3 is 15.4 Å². The highest BCUT2D eigenvalue weighted by Gasteiger charge is 2.14. The van der Waals surface area contributed by atoms with E-state index in [9.17, 15) is 4.79 Å². The van der Waals surface area contributed by atoms with Crippen LogP contribution in [-0.4, -0.2) is 38.1 Å². The summed E-state index contributed by atoms with van der Waals surface area (Å²) in [4.78, 5) is 13.7. The number of amides is 1. The zero-order chi connectivity index (χ0) is 13.7. The number of hydrogen-bond acceptors (Lipinski definition) is 3. The molecule has 2 N–H and O–H groups in total. The summed E-state index contributed by atoms with van der Waals surface area (Å²) in [6.45, 7) is 1.22. The molecule has 18 heavy (non-hydrogen) atoms. The van der Waals surface area contributed by atoms with E-state index in [0.717, 1.165) is 6.42 Å². The average Bonchev–Trinajstić information content (AvgIpc) is 2.34. The molecule has 0 spiro atoms. The van der Waals surface area contributed by atoms with Crippen LogP contribution in [0.2, 0.25) is 10.0 Å². The third kappa shape index (κ3) is 3.77. The first kappa shape index (κ1) is 15.1. The van der Waals surface area contributed by atoms with Gasteiger partial charge in [0.1, 0.15) is 0 Å². The Morgan fingerprint density at radius 1 is 1.39 bits per heavy atom. The molecule has 1 aromatic carbocycles. The molecule has 0 unspecified atom stereocenters. The van der Waals surface area contributed by atoms with Crippen molar-refractivity contribution in [3.05, 3.63) is 27.7 Å². The predicted molar refractivity (Wildman–Crippen MR) is 74.3 cm³/mol. The van der Waals surface area contributed by atoms with Gasteiger partial charge in [0.05, 0.1) is 15.7 Å². The van der Waals surface area contributed by atoms with Crippen molar-refractivity contribution >= 4 is 34.8 Å². The lowest BCUT2D eigenvalue weighted by molar-refractivity contribution is 0.0779. The summed E-state index contributed by atoms with van der Waals surface area (Å²) in [5.74, 6) is -0.144. The fraction of sp³-hybridized carbons (Fsp3) is 0.417. The van der Waals surface area contributed by atoms with Gasteiger partial charge >= 0.3 is 0 Å². The summed E-state index contributed by atoms with van der Waals surface area (Å²) >= 11 is 11.8. The lowest BCUT2D eigenvalue weighted by Gasteiger charge is -2.17. The van der Waals surface area contributed by atoms with Crippen LogP contribution in [0, 0.1) is 0 Å². The van der Waals surface area contributed by atoms with E-state index in [1.165, 1.54) is 12.1 Å². The summed E-state index contributed by atoms with van der Waals surface area (Å²) in [5.41, 5.74) is 6.34. The summed E-state index contributed by atoms with van der Waals surface area (Å²) < 4.78 is 4.93. The number of halogens is 2. The van der Waals surface area contributed by atoms with E-state index in [1.807, 2.05) is 0 Å². The Balaban J connectivity index is 2.77. The van der Waals surface area contributed by atoms with Crippen LogP contribution in [0.3, 0.4) is 0 Å². The lowest BCUT2D eigenvalue weighted by Crippen LogP contribution is -2.28. The fourth-order valence-corrected chi connectivity index (χ4v) is 1.96. The highest BCUT2D eigenvalue weighted by atomic mass is 35.5. The van der Waals surface area contributed by atoms with Crippen molar-refractivity contribution in [1.29, 1.82) is 0 Å². The minimum atomic E-state index is -0.144. The molecule has 0 aliphatic rings. The van der Waals surface area contributed by atoms with Crippen molar-refractivity contribution in [3.63, 3.8) is 0 Å². The number of ether oxygens (including phenoxy) is 1. The Kier molecular flexibility index (Phi) is 5.72. The standard InChI is InChI=1S/C12H16Cl2N2O2/c1-16(4-3-5-18-2)12(17)8-6-9(13)11(15)10(14)7-8/h6-7H,3-5,15H2,1-2H3. The second-order valence-corrected chi connectivity index (χ2v) is 4.74. The quantitative estimate of drug-likeness (QED) is 0.670. The van der Waals surface area contributed by atoms with Crippen molar-refractivity contribution in [3.8, 4) is 0 Å². The number of hydrogen-bond donors (Lipinski definition) is 1. The zero-order valence-electron chi connectivity index (χ0n) is 10.4. The first-order chi connectivity index (χ1) is 8.47. The van der Waals surface area contributed by atoms with Crippen LogP contribution in [-0.2, 0) is 4.74 Å². The summed E-state index contributed by atoms with van der Waals surface area (Å²) in [6.07, 6.45) is 0.773. The number of methoxy groups -OCH3 is 1. The van der Waals surface area contributed by atoms with E-state index < -0.39 is 0 Å². The molecule has 0 aliphatic carbocycles. The number of anilines is 1. The van der Waals surface area contributed by atoms with E-state index in [4.69, 9.17) is 33.7 Å². The van der Waals surface area contributed by atoms with Crippen LogP contribution in [0.5, 0.6) is 0 Å². The molecule has 0 aliphatic heterocycles. The Hall–Kier alpha value is -0.970. The van der Waals surface area contributed by atoms with Gasteiger partial charge in [0.2, 0.25) is 0 Å². The highest BCUT2D eigenvalue weighted by Crippen LogP contribution is 2.29. The molecule has 100 valence electrons. The maximum absolute atomic E-state index is 12.1. The summed E-state index contributed by atoms with van der Waals surface area (Å²) in [7, 11) is 3.34. The smallest absolute Gasteiger partial charge is 0.253 e. The van der Waals surface area contributed by atoms with Crippen LogP contribution in [0.15, 0.2) is 12.1 Å². The maximum atomic E-state index is 12.1. The SMILES string of the molecule is COCCCN(C)C(=O)c1cc(Cl)c(N)c(Cl)c1. The van der Waals surface area contributed by atoms with Gasteiger partial charge in [-0.25, -0.2) is 0 Å². The van der Waals surface area contributed by atoms with Gasteiger partial charge in [-0.15, -0.1) is 0 Å². The van der Waals surface area contributed by atoms with Gasteiger partial charge in [-0.3, -0.25) is 4.79 Å². The number of nitrogens with zero attached hydrogens (tertiary/aromatic N) is 1. The van der Waals surface area contributed by atoms with E-state index >= 15 is 0 Å². The average molecular weight is 291 g/mol. The second kappa shape index (κ2) is 6.83. The Morgan fingerprint density at radius 2 is 1.94 bits per heavy atom. The number of nitrogen functional groups attached to an aromatic ring is 1. The molecule has 0 fully saturated rings. The van der Waals surface area contributed by atoms with Crippen molar-refractivity contribution in [2.24, 2.45) is 0 Å². The molecule has 1 amide bonds. The summed E-state index contributed by atoms with van der Waals surface area (Å²) in [5, 5.41) is 0.576. The molecule has 0 saturated heterocycles. The minimum absolute atomic E-state index is 0.144. The summed E-state index contributed by atoms with van der Waals surface area (Å²) in [6, 6.07) is 3.05. The Labute approximate surface area is 117 Å². The van der Waals surface area contributed by atoms with Gasteiger partial charge in [0.25, 0.3) is 5.91 Å². The molecule has 1 aromatic rings. The molecule has 0 atom stereocenters. The molecule has 0 heterocycles. The number of nitrogens with two attached hydrogens (primary N) is 1. The molecule has 1 rings (SSSR count). The van der Waals surface area contributed by atoms with Crippen molar-refractivity contribution in [2.45, 2.75) is 6.42 Å². The van der Waals surface area contributed by atoms with E-state index in [-0.39, 0.29) is 21.6 Å². The fourth-order valence-electron chi connectivity index (χ4n) is 1.48. The van der Waals surface area contributed by atoms with E-state index in [2.05, 4.69) is 0 Å². The van der Waals surface area contributed by atoms with Crippen molar-refractivity contribution in [1.82, 2.24) is 4.90 Å². The number of carbonyl (C=O) groups is 1. The first-order valence-electron chi connectivity index (χ1n) is 5.46. The zero-order valence-corrected chi connectivity index (χ0v) is 11.9. The lowest BCUT2D eigenvalue weighted by atomic mass is 10.2. The van der Waals surface area contributed by atoms with Crippen LogP contribution in [0.25, 0.3) is 0 Å². The third-order valence-corrected chi connectivity index (χ3v) is 3.14. The second-order valence-electron chi connectivity index (χ2n) is 3.93. The molecule has 4 nitrogen and oxygen atoms in total. The van der Waals surface area contributed by atoms with Gasteiger partial charge in [-0.1, -0.05) is 23.2 Å². The minimum Gasteiger partial charge on any atom is -0.396 e. The van der Waals surface area contributed by atoms with Gasteiger partial charge in [-0.05, 0) is 18.6 Å². The highest BCUT2D eigenvalue weighted by molar-refractivity contribution is 6.39. The van der Waals surface area contributed by atoms with E-state index in [1.54, 1.807) is 19.1 Å². The number of benzene rings is 1. The molecule has 0 bridgehead atoms. The number of rotatable bonds is 5. The Morgan fingerprint density at radius 3 is 2.44 bits per heavy atom. The van der Waals surface area contributed by atoms with Gasteiger partial charge in [-0.2, -0.15) is 0 Å². The molecular weight excluding hydrogens is 275 g/mol. The van der Waals surface area contributed by atoms with Crippen LogP contribution in [0.1, 0.15) is 16.8 Å². The van der Waals surface area contributed by atoms with Gasteiger partial charge in [0, 0.05) is 32.9 Å². The maximum Gasteiger partial charge on any atom is 0.253 e. The van der Waals surface area contributed by atoms with Crippen molar-refractivity contribution in [2.75, 3.05) is 33.0 Å². The molecule has 0 radical (unpaired) electrons. The monoisotopic (exact) mass is 290 g/mol. The molecular formula is C12H16Cl2N2O2. The van der Waals surface area contributed by atoms with Gasteiger partial charge in [0.15, 0.2) is 0 Å². The van der Waals surface area contributed by atoms with Crippen LogP contribution < -0.4 is 5.73 Å². The third-order valence-electron chi connectivity index (χ3n) is 2.51. The molecule has 0 aromatic heterocycles. The van der Waals surface area contributed by atoms with Crippen molar-refractivity contribution < 1.29 is 9.53 Å².